The summed E-state index contributed by atoms with van der Waals surface area (Å²) in [5.74, 6) is 0.500. The maximum Gasteiger partial charge on any atom is 0.186 e. The second-order valence-electron chi connectivity index (χ2n) is 3.28. The zero-order valence-corrected chi connectivity index (χ0v) is 8.80. The summed E-state index contributed by atoms with van der Waals surface area (Å²) in [6.07, 6.45) is -4.99. The summed E-state index contributed by atoms with van der Waals surface area (Å²) >= 11 is 3.94. The van der Waals surface area contributed by atoms with Crippen LogP contribution in [0.4, 0.5) is 0 Å². The summed E-state index contributed by atoms with van der Waals surface area (Å²) in [5, 5.41) is 28.2. The van der Waals surface area contributed by atoms with E-state index in [2.05, 4.69) is 12.6 Å². The Morgan fingerprint density at radius 2 is 1.86 bits per heavy atom. The molecule has 5 atom stereocenters. The molecule has 3 N–H and O–H groups in total. The summed E-state index contributed by atoms with van der Waals surface area (Å²) < 4.78 is 10.3. The lowest BCUT2D eigenvalue weighted by Crippen LogP contribution is -2.57. The third-order valence-corrected chi connectivity index (χ3v) is 2.36. The predicted octanol–water partition coefficient (Wildman–Crippen LogP) is -1.24. The van der Waals surface area contributed by atoms with E-state index in [1.54, 1.807) is 6.92 Å². The molecule has 0 radical (unpaired) electrons. The quantitative estimate of drug-likeness (QED) is 0.451. The normalized spacial score (nSPS) is 43.9. The smallest absolute Gasteiger partial charge is 0.186 e. The maximum atomic E-state index is 9.47. The third kappa shape index (κ3) is 2.59. The fraction of sp³-hybridized carbons (Fsp3) is 1.00. The van der Waals surface area contributed by atoms with Gasteiger partial charge >= 0.3 is 0 Å². The van der Waals surface area contributed by atoms with Gasteiger partial charge < -0.3 is 24.8 Å². The molecule has 0 bridgehead atoms. The lowest BCUT2D eigenvalue weighted by molar-refractivity contribution is -0.291. The molecule has 1 aliphatic heterocycles. The van der Waals surface area contributed by atoms with Crippen LogP contribution in [-0.4, -0.2) is 58.4 Å². The van der Waals surface area contributed by atoms with E-state index in [4.69, 9.17) is 9.47 Å². The van der Waals surface area contributed by atoms with Crippen molar-refractivity contribution in [1.82, 2.24) is 0 Å². The van der Waals surface area contributed by atoms with E-state index in [-0.39, 0.29) is 0 Å². The first-order valence-corrected chi connectivity index (χ1v) is 5.13. The molecule has 1 aliphatic rings. The molecule has 1 rings (SSSR count). The van der Waals surface area contributed by atoms with Gasteiger partial charge in [-0.3, -0.25) is 0 Å². The zero-order valence-electron chi connectivity index (χ0n) is 7.91. The van der Waals surface area contributed by atoms with Crippen molar-refractivity contribution >= 4 is 12.6 Å². The van der Waals surface area contributed by atoms with Crippen LogP contribution < -0.4 is 0 Å². The minimum absolute atomic E-state index is 0.320. The van der Waals surface area contributed by atoms with Gasteiger partial charge in [0.15, 0.2) is 6.29 Å². The summed E-state index contributed by atoms with van der Waals surface area (Å²) in [7, 11) is 0. The van der Waals surface area contributed by atoms with Gasteiger partial charge in [0.05, 0.1) is 12.7 Å². The lowest BCUT2D eigenvalue weighted by atomic mass is 10.0. The van der Waals surface area contributed by atoms with Crippen LogP contribution >= 0.6 is 12.6 Å². The summed E-state index contributed by atoms with van der Waals surface area (Å²) in [6, 6.07) is 0. The van der Waals surface area contributed by atoms with Gasteiger partial charge in [0.1, 0.15) is 18.3 Å². The molecule has 0 saturated carbocycles. The van der Waals surface area contributed by atoms with Crippen LogP contribution in [0, 0.1) is 0 Å². The van der Waals surface area contributed by atoms with Crippen LogP contribution in [0.25, 0.3) is 0 Å². The van der Waals surface area contributed by atoms with Crippen LogP contribution in [0.2, 0.25) is 0 Å². The van der Waals surface area contributed by atoms with Crippen molar-refractivity contribution in [2.75, 3.05) is 12.4 Å². The highest BCUT2D eigenvalue weighted by Gasteiger charge is 2.42. The lowest BCUT2D eigenvalue weighted by Gasteiger charge is -2.38. The van der Waals surface area contributed by atoms with Crippen molar-refractivity contribution in [2.24, 2.45) is 0 Å². The van der Waals surface area contributed by atoms with E-state index in [0.717, 1.165) is 0 Å². The van der Waals surface area contributed by atoms with Gasteiger partial charge in [-0.2, -0.15) is 12.6 Å². The zero-order chi connectivity index (χ0) is 10.7. The van der Waals surface area contributed by atoms with E-state index < -0.39 is 30.7 Å². The standard InChI is InChI=1S/C8H16O5S/c1-4-5(9)6(10)7(11)8(13-4)12-2-3-14/h4-11,14H,2-3H2,1H3. The predicted molar refractivity (Wildman–Crippen MR) is 52.2 cm³/mol. The SMILES string of the molecule is CC1OC(OCCS)C(O)C(O)C1O. The van der Waals surface area contributed by atoms with Crippen molar-refractivity contribution in [1.29, 1.82) is 0 Å². The number of hydrogen-bond acceptors (Lipinski definition) is 6. The Bertz CT molecular complexity index is 179. The summed E-state index contributed by atoms with van der Waals surface area (Å²) in [5.41, 5.74) is 0. The number of hydrogen-bond donors (Lipinski definition) is 4. The molecular formula is C8H16O5S. The van der Waals surface area contributed by atoms with Gasteiger partial charge in [-0.25, -0.2) is 0 Å². The highest BCUT2D eigenvalue weighted by atomic mass is 32.1. The highest BCUT2D eigenvalue weighted by molar-refractivity contribution is 7.80. The fourth-order valence-electron chi connectivity index (χ4n) is 1.32. The van der Waals surface area contributed by atoms with Gasteiger partial charge in [-0.05, 0) is 6.92 Å². The molecular weight excluding hydrogens is 208 g/mol. The topological polar surface area (TPSA) is 79.2 Å². The molecule has 0 aromatic rings. The third-order valence-electron chi connectivity index (χ3n) is 2.18. The molecule has 1 heterocycles. The Kier molecular flexibility index (Phi) is 4.62. The first-order chi connectivity index (χ1) is 6.57. The second kappa shape index (κ2) is 5.29. The molecule has 0 aliphatic carbocycles. The largest absolute Gasteiger partial charge is 0.388 e. The van der Waals surface area contributed by atoms with E-state index in [0.29, 0.717) is 12.4 Å². The van der Waals surface area contributed by atoms with Gasteiger partial charge in [0.25, 0.3) is 0 Å². The molecule has 0 amide bonds. The van der Waals surface area contributed by atoms with Crippen LogP contribution in [-0.2, 0) is 9.47 Å². The molecule has 5 unspecified atom stereocenters. The van der Waals surface area contributed by atoms with Gasteiger partial charge in [-0.1, -0.05) is 0 Å². The van der Waals surface area contributed by atoms with E-state index >= 15 is 0 Å². The summed E-state index contributed by atoms with van der Waals surface area (Å²) in [6.45, 7) is 1.93. The summed E-state index contributed by atoms with van der Waals surface area (Å²) in [4.78, 5) is 0. The Hall–Kier alpha value is 0.150. The van der Waals surface area contributed by atoms with Crippen molar-refractivity contribution in [2.45, 2.75) is 37.6 Å². The number of ether oxygens (including phenoxy) is 2. The van der Waals surface area contributed by atoms with Crippen molar-refractivity contribution in [3.8, 4) is 0 Å². The van der Waals surface area contributed by atoms with Gasteiger partial charge in [-0.15, -0.1) is 0 Å². The molecule has 14 heavy (non-hydrogen) atoms. The minimum atomic E-state index is -1.23. The second-order valence-corrected chi connectivity index (χ2v) is 3.72. The fourth-order valence-corrected chi connectivity index (χ4v) is 1.43. The number of aliphatic hydroxyl groups excluding tert-OH is 3. The average molecular weight is 224 g/mol. The Balaban J connectivity index is 2.52. The van der Waals surface area contributed by atoms with Crippen LogP contribution in [0.5, 0.6) is 0 Å². The first-order valence-electron chi connectivity index (χ1n) is 4.50. The molecule has 5 nitrogen and oxygen atoms in total. The van der Waals surface area contributed by atoms with Crippen LogP contribution in [0.15, 0.2) is 0 Å². The molecule has 0 aromatic heterocycles. The molecule has 0 aromatic carbocycles. The molecule has 84 valence electrons. The first kappa shape index (κ1) is 12.2. The Morgan fingerprint density at radius 3 is 2.43 bits per heavy atom. The molecule has 0 spiro atoms. The van der Waals surface area contributed by atoms with Crippen molar-refractivity contribution in [3.63, 3.8) is 0 Å². The molecule has 1 fully saturated rings. The van der Waals surface area contributed by atoms with Crippen LogP contribution in [0.1, 0.15) is 6.92 Å². The van der Waals surface area contributed by atoms with Crippen LogP contribution in [0.3, 0.4) is 0 Å². The van der Waals surface area contributed by atoms with Gasteiger partial charge in [0.2, 0.25) is 0 Å². The molecule has 6 heteroatoms. The monoisotopic (exact) mass is 224 g/mol. The van der Waals surface area contributed by atoms with Crippen molar-refractivity contribution in [3.05, 3.63) is 0 Å². The minimum Gasteiger partial charge on any atom is -0.388 e. The number of rotatable bonds is 3. The number of thiol groups is 1. The average Bonchev–Trinajstić information content (AvgIpc) is 2.18. The number of aliphatic hydroxyl groups is 3. The Labute approximate surface area is 88.1 Å². The highest BCUT2D eigenvalue weighted by Crippen LogP contribution is 2.21. The maximum absolute atomic E-state index is 9.47. The van der Waals surface area contributed by atoms with Gasteiger partial charge in [0, 0.05) is 5.75 Å². The van der Waals surface area contributed by atoms with E-state index in [1.807, 2.05) is 0 Å². The van der Waals surface area contributed by atoms with Crippen molar-refractivity contribution < 1.29 is 24.8 Å². The Morgan fingerprint density at radius 1 is 1.21 bits per heavy atom. The van der Waals surface area contributed by atoms with E-state index in [9.17, 15) is 15.3 Å². The van der Waals surface area contributed by atoms with E-state index in [1.165, 1.54) is 0 Å². The molecule has 1 saturated heterocycles.